The maximum absolute atomic E-state index is 13.5. The normalized spacial score (nSPS) is 16.8. The average molecular weight is 262 g/mol. The molecule has 2 aromatic rings. The van der Waals surface area contributed by atoms with Gasteiger partial charge in [-0.15, -0.1) is 0 Å². The van der Waals surface area contributed by atoms with Crippen LogP contribution in [0.3, 0.4) is 0 Å². The van der Waals surface area contributed by atoms with Gasteiger partial charge in [0.2, 0.25) is 0 Å². The third-order valence-corrected chi connectivity index (χ3v) is 3.10. The number of hydrogen-bond donors (Lipinski definition) is 2. The molecule has 2 rings (SSSR count). The Kier molecular flexibility index (Phi) is 4.00. The third-order valence-electron chi connectivity index (χ3n) is 3.10. The van der Waals surface area contributed by atoms with Gasteiger partial charge in [-0.2, -0.15) is 0 Å². The van der Waals surface area contributed by atoms with Crippen LogP contribution in [0.1, 0.15) is 19.4 Å². The van der Waals surface area contributed by atoms with E-state index in [9.17, 15) is 4.39 Å². The molecule has 19 heavy (non-hydrogen) atoms. The van der Waals surface area contributed by atoms with Crippen molar-refractivity contribution in [3.8, 4) is 0 Å². The van der Waals surface area contributed by atoms with Crippen molar-refractivity contribution in [1.29, 1.82) is 0 Å². The van der Waals surface area contributed by atoms with Crippen molar-refractivity contribution in [2.45, 2.75) is 32.0 Å². The Morgan fingerprint density at radius 2 is 2.21 bits per heavy atom. The van der Waals surface area contributed by atoms with Crippen LogP contribution in [0.15, 0.2) is 35.5 Å². The lowest BCUT2D eigenvalue weighted by atomic mass is 10.1. The highest BCUT2D eigenvalue weighted by Gasteiger charge is 2.19. The van der Waals surface area contributed by atoms with Gasteiger partial charge in [0.25, 0.3) is 0 Å². The van der Waals surface area contributed by atoms with Crippen molar-refractivity contribution in [3.63, 3.8) is 0 Å². The van der Waals surface area contributed by atoms with E-state index in [1.807, 2.05) is 31.3 Å². The molecule has 0 bridgehead atoms. The molecule has 0 saturated carbocycles. The topological polar surface area (TPSA) is 48.4 Å². The molecule has 0 aliphatic rings. The molecule has 0 aliphatic carbocycles. The van der Waals surface area contributed by atoms with E-state index in [4.69, 9.17) is 5.11 Å². The zero-order chi connectivity index (χ0) is 13.9. The number of aromatic amines is 1. The van der Waals surface area contributed by atoms with E-state index in [1.54, 1.807) is 0 Å². The molecule has 4 heteroatoms. The first-order valence-corrected chi connectivity index (χ1v) is 6.41. The van der Waals surface area contributed by atoms with Crippen molar-refractivity contribution in [2.75, 3.05) is 6.61 Å². The van der Waals surface area contributed by atoms with Gasteiger partial charge in [-0.1, -0.05) is 18.2 Å². The molecule has 0 fully saturated rings. The number of hydrogen-bond acceptors (Lipinski definition) is 2. The summed E-state index contributed by atoms with van der Waals surface area (Å²) >= 11 is 0. The number of rotatable bonds is 5. The van der Waals surface area contributed by atoms with Crippen LogP contribution in [0.25, 0.3) is 10.9 Å². The molecule has 1 aromatic carbocycles. The van der Waals surface area contributed by atoms with Crippen molar-refractivity contribution in [3.05, 3.63) is 36.0 Å². The van der Waals surface area contributed by atoms with Crippen molar-refractivity contribution in [1.82, 2.24) is 4.98 Å². The number of para-hydroxylation sites is 1. The van der Waals surface area contributed by atoms with Gasteiger partial charge in [0.1, 0.15) is 0 Å². The molecule has 1 aromatic heterocycles. The van der Waals surface area contributed by atoms with Gasteiger partial charge >= 0.3 is 0 Å². The second-order valence-electron chi connectivity index (χ2n) is 5.13. The third kappa shape index (κ3) is 3.41. The number of aliphatic hydroxyl groups is 1. The van der Waals surface area contributed by atoms with Crippen LogP contribution in [-0.4, -0.2) is 34.6 Å². The minimum Gasteiger partial charge on any atom is -0.393 e. The molecule has 3 nitrogen and oxygen atoms in total. The first-order valence-electron chi connectivity index (χ1n) is 6.41. The average Bonchev–Trinajstić information content (AvgIpc) is 2.80. The minimum atomic E-state index is -1.74. The quantitative estimate of drug-likeness (QED) is 0.800. The van der Waals surface area contributed by atoms with Crippen LogP contribution in [-0.2, 0) is 6.42 Å². The number of H-pyrrole nitrogens is 1. The number of aliphatic hydroxyl groups excluding tert-OH is 1. The summed E-state index contributed by atoms with van der Waals surface area (Å²) in [4.78, 5) is 7.39. The van der Waals surface area contributed by atoms with Gasteiger partial charge in [-0.3, -0.25) is 4.99 Å². The van der Waals surface area contributed by atoms with E-state index in [2.05, 4.69) is 16.0 Å². The van der Waals surface area contributed by atoms with E-state index in [0.717, 1.165) is 11.9 Å². The number of nitrogens with one attached hydrogen (secondary N) is 1. The number of aliphatic imine (C=N–C) groups is 1. The van der Waals surface area contributed by atoms with Crippen LogP contribution < -0.4 is 0 Å². The number of alkyl halides is 1. The fraction of sp³-hybridized carbons (Fsp3) is 0.400. The Hall–Kier alpha value is -1.68. The van der Waals surface area contributed by atoms with Crippen LogP contribution in [0.2, 0.25) is 0 Å². The summed E-state index contributed by atoms with van der Waals surface area (Å²) in [7, 11) is 0. The lowest BCUT2D eigenvalue weighted by molar-refractivity contribution is 0.150. The number of aromatic nitrogens is 1. The molecular formula is C15H19FN2O. The molecule has 2 atom stereocenters. The monoisotopic (exact) mass is 262 g/mol. The summed E-state index contributed by atoms with van der Waals surface area (Å²) in [5.74, 6) is 0. The van der Waals surface area contributed by atoms with Crippen molar-refractivity contribution >= 4 is 17.1 Å². The van der Waals surface area contributed by atoms with E-state index >= 15 is 0 Å². The highest BCUT2D eigenvalue weighted by molar-refractivity contribution is 5.83. The number of nitrogens with zero attached hydrogens (tertiary/aromatic N) is 1. The fourth-order valence-electron chi connectivity index (χ4n) is 1.99. The fourth-order valence-corrected chi connectivity index (χ4v) is 1.99. The Bertz CT molecular complexity index is 574. The second kappa shape index (κ2) is 5.53. The SMILES string of the molecule is C[C@H](Cc1c[nH]c2ccccc12)N=CC(C)(F)CO. The molecule has 102 valence electrons. The van der Waals surface area contributed by atoms with E-state index in [0.29, 0.717) is 0 Å². The van der Waals surface area contributed by atoms with E-state index < -0.39 is 12.3 Å². The number of benzene rings is 1. The van der Waals surface area contributed by atoms with Crippen molar-refractivity contribution in [2.24, 2.45) is 4.99 Å². The molecule has 0 aliphatic heterocycles. The predicted molar refractivity (Wildman–Crippen MR) is 76.6 cm³/mol. The van der Waals surface area contributed by atoms with Crippen LogP contribution in [0, 0.1) is 0 Å². The Labute approximate surface area is 112 Å². The van der Waals surface area contributed by atoms with Gasteiger partial charge in [0.05, 0.1) is 12.6 Å². The van der Waals surface area contributed by atoms with Gasteiger partial charge in [0.15, 0.2) is 5.67 Å². The van der Waals surface area contributed by atoms with E-state index in [1.165, 1.54) is 24.1 Å². The zero-order valence-corrected chi connectivity index (χ0v) is 11.2. The summed E-state index contributed by atoms with van der Waals surface area (Å²) < 4.78 is 13.5. The maximum atomic E-state index is 13.5. The smallest absolute Gasteiger partial charge is 0.165 e. The van der Waals surface area contributed by atoms with Crippen molar-refractivity contribution < 1.29 is 9.50 Å². The van der Waals surface area contributed by atoms with E-state index in [-0.39, 0.29) is 6.04 Å². The molecule has 1 unspecified atom stereocenters. The van der Waals surface area contributed by atoms with Gasteiger partial charge in [0, 0.05) is 23.3 Å². The molecule has 2 N–H and O–H groups in total. The van der Waals surface area contributed by atoms with Crippen LogP contribution >= 0.6 is 0 Å². The summed E-state index contributed by atoms with van der Waals surface area (Å²) in [6.07, 6.45) is 3.91. The summed E-state index contributed by atoms with van der Waals surface area (Å²) in [6.45, 7) is 2.71. The van der Waals surface area contributed by atoms with Crippen LogP contribution in [0.5, 0.6) is 0 Å². The largest absolute Gasteiger partial charge is 0.393 e. The molecule has 0 spiro atoms. The molecule has 0 amide bonds. The standard InChI is InChI=1S/C15H19FN2O/c1-11(18-9-15(2,16)10-19)7-12-8-17-14-6-4-3-5-13(12)14/h3-6,8-9,11,17,19H,7,10H2,1-2H3/t11-,15?/m1/s1. The highest BCUT2D eigenvalue weighted by Crippen LogP contribution is 2.19. The molecule has 0 saturated heterocycles. The summed E-state index contributed by atoms with van der Waals surface area (Å²) in [5.41, 5.74) is 0.526. The summed E-state index contributed by atoms with van der Waals surface area (Å²) in [6, 6.07) is 8.04. The molecular weight excluding hydrogens is 243 g/mol. The lowest BCUT2D eigenvalue weighted by Gasteiger charge is -2.12. The minimum absolute atomic E-state index is 0.0270. The highest BCUT2D eigenvalue weighted by atomic mass is 19.1. The van der Waals surface area contributed by atoms with Gasteiger partial charge < -0.3 is 10.1 Å². The Morgan fingerprint density at radius 1 is 1.47 bits per heavy atom. The van der Waals surface area contributed by atoms with Gasteiger partial charge in [-0.25, -0.2) is 4.39 Å². The van der Waals surface area contributed by atoms with Crippen LogP contribution in [0.4, 0.5) is 4.39 Å². The lowest BCUT2D eigenvalue weighted by Crippen LogP contribution is -2.25. The summed E-state index contributed by atoms with van der Waals surface area (Å²) in [5, 5.41) is 10.0. The zero-order valence-electron chi connectivity index (χ0n) is 11.2. The molecule has 0 radical (unpaired) electrons. The first-order chi connectivity index (χ1) is 9.02. The van der Waals surface area contributed by atoms with Gasteiger partial charge in [-0.05, 0) is 31.9 Å². The first kappa shape index (κ1) is 13.7. The number of fused-ring (bicyclic) bond motifs is 1. The Balaban J connectivity index is 2.09. The predicted octanol–water partition coefficient (Wildman–Crippen LogP) is 2.89. The second-order valence-corrected chi connectivity index (χ2v) is 5.13. The Morgan fingerprint density at radius 3 is 2.95 bits per heavy atom. The maximum Gasteiger partial charge on any atom is 0.165 e. The number of halogens is 1. The molecule has 1 heterocycles.